The first kappa shape index (κ1) is 15.5. The highest BCUT2D eigenvalue weighted by molar-refractivity contribution is 5.85. The van der Waals surface area contributed by atoms with Gasteiger partial charge in [-0.05, 0) is 29.7 Å². The van der Waals surface area contributed by atoms with Crippen LogP contribution in [0.3, 0.4) is 0 Å². The number of carbonyl (C=O) groups is 1. The van der Waals surface area contributed by atoms with Crippen LogP contribution in [0.2, 0.25) is 0 Å². The van der Waals surface area contributed by atoms with Gasteiger partial charge in [0.2, 0.25) is 0 Å². The van der Waals surface area contributed by atoms with Gasteiger partial charge in [-0.25, -0.2) is 9.78 Å². The average molecular weight is 289 g/mol. The Balaban J connectivity index is 1.90. The summed E-state index contributed by atoms with van der Waals surface area (Å²) in [4.78, 5) is 19.7. The lowest BCUT2D eigenvalue weighted by molar-refractivity contribution is -0.131. The Hall–Kier alpha value is -1.88. The van der Waals surface area contributed by atoms with Crippen LogP contribution in [0.4, 0.5) is 5.82 Å². The molecule has 5 heteroatoms. The van der Waals surface area contributed by atoms with Gasteiger partial charge in [0.05, 0.1) is 0 Å². The molecule has 0 aromatic carbocycles. The van der Waals surface area contributed by atoms with Crippen molar-refractivity contribution in [1.82, 2.24) is 9.88 Å². The highest BCUT2D eigenvalue weighted by Crippen LogP contribution is 2.15. The minimum atomic E-state index is -0.944. The van der Waals surface area contributed by atoms with E-state index in [0.29, 0.717) is 5.92 Å². The normalized spacial score (nSPS) is 16.8. The fourth-order valence-corrected chi connectivity index (χ4v) is 2.53. The zero-order valence-electron chi connectivity index (χ0n) is 12.7. The van der Waals surface area contributed by atoms with Crippen LogP contribution in [0, 0.1) is 5.92 Å². The van der Waals surface area contributed by atoms with Crippen LogP contribution >= 0.6 is 0 Å². The first-order chi connectivity index (χ1) is 10.0. The summed E-state index contributed by atoms with van der Waals surface area (Å²) in [5.41, 5.74) is 0.805. The molecule has 0 saturated carbocycles. The Labute approximate surface area is 125 Å². The molecular weight excluding hydrogens is 266 g/mol. The van der Waals surface area contributed by atoms with E-state index in [1.165, 1.54) is 0 Å². The molecule has 5 nitrogen and oxygen atoms in total. The van der Waals surface area contributed by atoms with Gasteiger partial charge in [-0.15, -0.1) is 0 Å². The van der Waals surface area contributed by atoms with Crippen molar-refractivity contribution in [3.8, 4) is 0 Å². The van der Waals surface area contributed by atoms with Crippen LogP contribution in [-0.2, 0) is 4.79 Å². The van der Waals surface area contributed by atoms with E-state index in [1.807, 2.05) is 12.1 Å². The summed E-state index contributed by atoms with van der Waals surface area (Å²) >= 11 is 0. The summed E-state index contributed by atoms with van der Waals surface area (Å²) in [6.07, 6.45) is 4.40. The number of piperazine rings is 1. The smallest absolute Gasteiger partial charge is 0.328 e. The van der Waals surface area contributed by atoms with Gasteiger partial charge in [0, 0.05) is 45.0 Å². The van der Waals surface area contributed by atoms with Gasteiger partial charge in [0.15, 0.2) is 0 Å². The first-order valence-electron chi connectivity index (χ1n) is 7.39. The lowest BCUT2D eigenvalue weighted by atomic mass is 10.2. The van der Waals surface area contributed by atoms with Crippen molar-refractivity contribution >= 4 is 17.9 Å². The maximum absolute atomic E-state index is 10.5. The van der Waals surface area contributed by atoms with Gasteiger partial charge in [0.25, 0.3) is 0 Å². The summed E-state index contributed by atoms with van der Waals surface area (Å²) in [7, 11) is 0. The molecule has 0 amide bonds. The zero-order valence-corrected chi connectivity index (χ0v) is 12.7. The second kappa shape index (κ2) is 7.22. The highest BCUT2D eigenvalue weighted by Gasteiger charge is 2.18. The molecule has 1 aliphatic heterocycles. The molecule has 1 aliphatic rings. The van der Waals surface area contributed by atoms with Crippen molar-refractivity contribution in [2.45, 2.75) is 13.8 Å². The van der Waals surface area contributed by atoms with Crippen LogP contribution in [-0.4, -0.2) is 53.7 Å². The van der Waals surface area contributed by atoms with Gasteiger partial charge in [-0.2, -0.15) is 0 Å². The van der Waals surface area contributed by atoms with E-state index in [1.54, 1.807) is 12.3 Å². The van der Waals surface area contributed by atoms with Gasteiger partial charge in [0.1, 0.15) is 5.82 Å². The molecule has 1 aromatic rings. The Bertz CT molecular complexity index is 489. The van der Waals surface area contributed by atoms with Crippen LogP contribution in [0.1, 0.15) is 19.4 Å². The fraction of sp³-hybridized carbons (Fsp3) is 0.500. The number of carboxylic acid groups (broad SMARTS) is 1. The lowest BCUT2D eigenvalue weighted by Gasteiger charge is -2.36. The average Bonchev–Trinajstić information content (AvgIpc) is 2.46. The highest BCUT2D eigenvalue weighted by atomic mass is 16.4. The molecule has 0 radical (unpaired) electrons. The molecule has 2 heterocycles. The Morgan fingerprint density at radius 2 is 2.05 bits per heavy atom. The molecule has 1 aromatic heterocycles. The predicted molar refractivity (Wildman–Crippen MR) is 84.4 cm³/mol. The van der Waals surface area contributed by atoms with E-state index >= 15 is 0 Å². The SMILES string of the molecule is CC(C)CN1CCN(c2ccc(/C=C/C(=O)O)cn2)CC1. The number of carboxylic acids is 1. The third-order valence-electron chi connectivity index (χ3n) is 3.51. The maximum atomic E-state index is 10.5. The van der Waals surface area contributed by atoms with Crippen molar-refractivity contribution in [3.05, 3.63) is 30.0 Å². The summed E-state index contributed by atoms with van der Waals surface area (Å²) in [5, 5.41) is 8.60. The molecule has 0 atom stereocenters. The monoisotopic (exact) mass is 289 g/mol. The van der Waals surface area contributed by atoms with Gasteiger partial charge < -0.3 is 10.0 Å². The van der Waals surface area contributed by atoms with E-state index in [0.717, 1.165) is 50.2 Å². The third-order valence-corrected chi connectivity index (χ3v) is 3.51. The minimum absolute atomic E-state index is 0.704. The van der Waals surface area contributed by atoms with Crippen molar-refractivity contribution in [2.75, 3.05) is 37.6 Å². The Morgan fingerprint density at radius 3 is 2.57 bits per heavy atom. The van der Waals surface area contributed by atoms with Crippen molar-refractivity contribution in [2.24, 2.45) is 5.92 Å². The second-order valence-corrected chi connectivity index (χ2v) is 5.80. The molecule has 1 N–H and O–H groups in total. The van der Waals surface area contributed by atoms with Crippen molar-refractivity contribution in [3.63, 3.8) is 0 Å². The molecule has 0 aliphatic carbocycles. The zero-order chi connectivity index (χ0) is 15.2. The number of hydrogen-bond acceptors (Lipinski definition) is 4. The number of anilines is 1. The number of pyridine rings is 1. The molecule has 1 fully saturated rings. The Morgan fingerprint density at radius 1 is 1.33 bits per heavy atom. The molecule has 1 saturated heterocycles. The number of rotatable bonds is 5. The van der Waals surface area contributed by atoms with Gasteiger partial charge >= 0.3 is 5.97 Å². The molecule has 21 heavy (non-hydrogen) atoms. The molecule has 2 rings (SSSR count). The second-order valence-electron chi connectivity index (χ2n) is 5.80. The summed E-state index contributed by atoms with van der Waals surface area (Å²) in [6, 6.07) is 3.86. The van der Waals surface area contributed by atoms with E-state index in [4.69, 9.17) is 5.11 Å². The van der Waals surface area contributed by atoms with Crippen LogP contribution in [0.15, 0.2) is 24.4 Å². The van der Waals surface area contributed by atoms with E-state index < -0.39 is 5.97 Å². The quantitative estimate of drug-likeness (QED) is 0.840. The topological polar surface area (TPSA) is 56.7 Å². The molecule has 114 valence electrons. The maximum Gasteiger partial charge on any atom is 0.328 e. The van der Waals surface area contributed by atoms with Crippen LogP contribution in [0.25, 0.3) is 6.08 Å². The van der Waals surface area contributed by atoms with Crippen molar-refractivity contribution < 1.29 is 9.90 Å². The number of aliphatic carboxylic acids is 1. The number of aromatic nitrogens is 1. The Kier molecular flexibility index (Phi) is 5.33. The summed E-state index contributed by atoms with van der Waals surface area (Å²) in [5.74, 6) is 0.724. The predicted octanol–water partition coefficient (Wildman–Crippen LogP) is 1.96. The first-order valence-corrected chi connectivity index (χ1v) is 7.39. The number of nitrogens with zero attached hydrogens (tertiary/aromatic N) is 3. The third kappa shape index (κ3) is 4.86. The summed E-state index contributed by atoms with van der Waals surface area (Å²) < 4.78 is 0. The van der Waals surface area contributed by atoms with Gasteiger partial charge in [-0.1, -0.05) is 13.8 Å². The van der Waals surface area contributed by atoms with Crippen LogP contribution in [0.5, 0.6) is 0 Å². The van der Waals surface area contributed by atoms with Crippen molar-refractivity contribution in [1.29, 1.82) is 0 Å². The molecule has 0 unspecified atom stereocenters. The molecule has 0 spiro atoms. The van der Waals surface area contributed by atoms with E-state index in [2.05, 4.69) is 28.6 Å². The summed E-state index contributed by atoms with van der Waals surface area (Å²) in [6.45, 7) is 9.77. The van der Waals surface area contributed by atoms with E-state index in [-0.39, 0.29) is 0 Å². The number of hydrogen-bond donors (Lipinski definition) is 1. The minimum Gasteiger partial charge on any atom is -0.478 e. The van der Waals surface area contributed by atoms with E-state index in [9.17, 15) is 4.79 Å². The largest absolute Gasteiger partial charge is 0.478 e. The molecule has 0 bridgehead atoms. The van der Waals surface area contributed by atoms with Crippen LogP contribution < -0.4 is 4.90 Å². The molecular formula is C16H23N3O2. The lowest BCUT2D eigenvalue weighted by Crippen LogP contribution is -2.47. The fourth-order valence-electron chi connectivity index (χ4n) is 2.53. The standard InChI is InChI=1S/C16H23N3O2/c1-13(2)12-18-7-9-19(10-8-18)15-5-3-14(11-17-15)4-6-16(20)21/h3-6,11,13H,7-10,12H2,1-2H3,(H,20,21)/b6-4+. The van der Waals surface area contributed by atoms with Gasteiger partial charge in [-0.3, -0.25) is 4.90 Å².